The van der Waals surface area contributed by atoms with E-state index in [0.717, 1.165) is 18.7 Å². The van der Waals surface area contributed by atoms with Crippen LogP contribution >= 0.6 is 12.4 Å². The molecule has 0 aliphatic rings. The highest BCUT2D eigenvalue weighted by Gasteiger charge is 2.24. The SMILES string of the molecule is CC(C)(C)CC(C)(C)NCc1ccc(OCc2ccccc2)cc1.Cl. The average Bonchev–Trinajstić information content (AvgIpc) is 2.51. The van der Waals surface area contributed by atoms with Gasteiger partial charge in [0.1, 0.15) is 12.4 Å². The first kappa shape index (κ1) is 21.5. The van der Waals surface area contributed by atoms with Gasteiger partial charge in [0.2, 0.25) is 0 Å². The topological polar surface area (TPSA) is 21.3 Å². The molecule has 0 atom stereocenters. The lowest BCUT2D eigenvalue weighted by Crippen LogP contribution is -2.41. The first-order valence-electron chi connectivity index (χ1n) is 8.74. The van der Waals surface area contributed by atoms with Gasteiger partial charge in [-0.25, -0.2) is 0 Å². The fourth-order valence-electron chi connectivity index (χ4n) is 3.17. The summed E-state index contributed by atoms with van der Waals surface area (Å²) in [4.78, 5) is 0. The smallest absolute Gasteiger partial charge is 0.119 e. The maximum Gasteiger partial charge on any atom is 0.119 e. The second-order valence-electron chi connectivity index (χ2n) is 8.39. The van der Waals surface area contributed by atoms with Crippen LogP contribution in [0.4, 0.5) is 0 Å². The van der Waals surface area contributed by atoms with Crippen molar-refractivity contribution in [1.82, 2.24) is 5.32 Å². The summed E-state index contributed by atoms with van der Waals surface area (Å²) < 4.78 is 5.84. The van der Waals surface area contributed by atoms with E-state index in [-0.39, 0.29) is 17.9 Å². The van der Waals surface area contributed by atoms with Crippen molar-refractivity contribution in [1.29, 1.82) is 0 Å². The maximum atomic E-state index is 5.84. The summed E-state index contributed by atoms with van der Waals surface area (Å²) >= 11 is 0. The van der Waals surface area contributed by atoms with Crippen LogP contribution in [0.15, 0.2) is 54.6 Å². The van der Waals surface area contributed by atoms with E-state index in [1.54, 1.807) is 0 Å². The van der Waals surface area contributed by atoms with Gasteiger partial charge in [-0.15, -0.1) is 12.4 Å². The molecule has 0 radical (unpaired) electrons. The van der Waals surface area contributed by atoms with E-state index >= 15 is 0 Å². The molecule has 138 valence electrons. The molecule has 0 saturated carbocycles. The Kier molecular flexibility index (Phi) is 7.98. The molecule has 2 nitrogen and oxygen atoms in total. The van der Waals surface area contributed by atoms with Gasteiger partial charge in [0.05, 0.1) is 0 Å². The Labute approximate surface area is 159 Å². The van der Waals surface area contributed by atoms with Gasteiger partial charge in [-0.05, 0) is 48.9 Å². The Balaban J connectivity index is 0.00000312. The van der Waals surface area contributed by atoms with Gasteiger partial charge in [-0.1, -0.05) is 63.2 Å². The van der Waals surface area contributed by atoms with Gasteiger partial charge in [0.15, 0.2) is 0 Å². The minimum absolute atomic E-state index is 0. The fraction of sp³-hybridized carbons (Fsp3) is 0.455. The molecule has 2 rings (SSSR count). The molecule has 0 spiro atoms. The van der Waals surface area contributed by atoms with Crippen LogP contribution in [-0.2, 0) is 13.2 Å². The van der Waals surface area contributed by atoms with E-state index in [0.29, 0.717) is 12.0 Å². The van der Waals surface area contributed by atoms with E-state index in [1.807, 2.05) is 18.2 Å². The first-order chi connectivity index (χ1) is 11.2. The van der Waals surface area contributed by atoms with Crippen molar-refractivity contribution in [2.75, 3.05) is 0 Å². The van der Waals surface area contributed by atoms with Gasteiger partial charge in [-0.3, -0.25) is 0 Å². The highest BCUT2D eigenvalue weighted by molar-refractivity contribution is 5.85. The van der Waals surface area contributed by atoms with E-state index in [4.69, 9.17) is 4.74 Å². The molecule has 0 aliphatic carbocycles. The molecular weight excluding hydrogens is 330 g/mol. The van der Waals surface area contributed by atoms with Crippen LogP contribution in [0.25, 0.3) is 0 Å². The summed E-state index contributed by atoms with van der Waals surface area (Å²) in [6, 6.07) is 18.6. The molecule has 3 heteroatoms. The van der Waals surface area contributed by atoms with Crippen molar-refractivity contribution in [3.05, 3.63) is 65.7 Å². The van der Waals surface area contributed by atoms with Gasteiger partial charge < -0.3 is 10.1 Å². The minimum atomic E-state index is 0. The molecule has 0 aliphatic heterocycles. The third-order valence-corrected chi connectivity index (χ3v) is 3.92. The average molecular weight is 362 g/mol. The molecule has 0 amide bonds. The second-order valence-corrected chi connectivity index (χ2v) is 8.39. The molecule has 0 unspecified atom stereocenters. The first-order valence-corrected chi connectivity index (χ1v) is 8.74. The molecule has 2 aromatic carbocycles. The number of halogens is 1. The number of hydrogen-bond donors (Lipinski definition) is 1. The number of ether oxygens (including phenoxy) is 1. The molecular formula is C22H32ClNO. The molecule has 0 saturated heterocycles. The zero-order chi connectivity index (χ0) is 17.6. The maximum absolute atomic E-state index is 5.84. The van der Waals surface area contributed by atoms with E-state index in [9.17, 15) is 0 Å². The molecule has 0 heterocycles. The molecule has 1 N–H and O–H groups in total. The monoisotopic (exact) mass is 361 g/mol. The summed E-state index contributed by atoms with van der Waals surface area (Å²) in [6.07, 6.45) is 1.14. The predicted molar refractivity (Wildman–Crippen MR) is 109 cm³/mol. The third kappa shape index (κ3) is 8.42. The lowest BCUT2D eigenvalue weighted by atomic mass is 9.82. The van der Waals surface area contributed by atoms with Crippen LogP contribution < -0.4 is 10.1 Å². The second kappa shape index (κ2) is 9.26. The largest absolute Gasteiger partial charge is 0.489 e. The van der Waals surface area contributed by atoms with Crippen LogP contribution in [0.3, 0.4) is 0 Å². The van der Waals surface area contributed by atoms with Crippen LogP contribution in [0, 0.1) is 5.41 Å². The quantitative estimate of drug-likeness (QED) is 0.653. The van der Waals surface area contributed by atoms with Crippen LogP contribution in [-0.4, -0.2) is 5.54 Å². The summed E-state index contributed by atoms with van der Waals surface area (Å²) in [7, 11) is 0. The third-order valence-electron chi connectivity index (χ3n) is 3.92. The highest BCUT2D eigenvalue weighted by atomic mass is 35.5. The standard InChI is InChI=1S/C22H31NO.ClH/c1-21(2,3)17-22(4,5)23-15-18-11-13-20(14-12-18)24-16-19-9-7-6-8-10-19;/h6-14,23H,15-17H2,1-5H3;1H. The number of rotatable bonds is 7. The van der Waals surface area contributed by atoms with Crippen LogP contribution in [0.1, 0.15) is 52.2 Å². The van der Waals surface area contributed by atoms with Crippen LogP contribution in [0.5, 0.6) is 5.75 Å². The van der Waals surface area contributed by atoms with E-state index in [1.165, 1.54) is 11.1 Å². The van der Waals surface area contributed by atoms with Crippen molar-refractivity contribution in [2.24, 2.45) is 5.41 Å². The Morgan fingerprint density at radius 1 is 0.800 bits per heavy atom. The Hall–Kier alpha value is -1.51. The molecule has 0 fully saturated rings. The zero-order valence-electron chi connectivity index (χ0n) is 16.1. The van der Waals surface area contributed by atoms with Gasteiger partial charge in [0, 0.05) is 12.1 Å². The van der Waals surface area contributed by atoms with E-state index < -0.39 is 0 Å². The van der Waals surface area contributed by atoms with Gasteiger partial charge in [0.25, 0.3) is 0 Å². The lowest BCUT2D eigenvalue weighted by molar-refractivity contribution is 0.240. The molecule has 0 bridgehead atoms. The number of nitrogens with one attached hydrogen (secondary N) is 1. The Bertz CT molecular complexity index is 615. The molecule has 0 aromatic heterocycles. The van der Waals surface area contributed by atoms with Crippen molar-refractivity contribution in [3.8, 4) is 5.75 Å². The summed E-state index contributed by atoms with van der Waals surface area (Å²) in [5, 5.41) is 3.67. The summed E-state index contributed by atoms with van der Waals surface area (Å²) in [6.45, 7) is 12.9. The van der Waals surface area contributed by atoms with Crippen LogP contribution in [0.2, 0.25) is 0 Å². The minimum Gasteiger partial charge on any atom is -0.489 e. The predicted octanol–water partition coefficient (Wildman–Crippen LogP) is 5.99. The van der Waals surface area contributed by atoms with Gasteiger partial charge >= 0.3 is 0 Å². The number of hydrogen-bond acceptors (Lipinski definition) is 2. The van der Waals surface area contributed by atoms with Crippen molar-refractivity contribution in [3.63, 3.8) is 0 Å². The number of benzene rings is 2. The normalized spacial score (nSPS) is 11.7. The van der Waals surface area contributed by atoms with Gasteiger partial charge in [-0.2, -0.15) is 0 Å². The van der Waals surface area contributed by atoms with Crippen molar-refractivity contribution in [2.45, 2.75) is 59.7 Å². The summed E-state index contributed by atoms with van der Waals surface area (Å²) in [5.74, 6) is 0.913. The molecule has 25 heavy (non-hydrogen) atoms. The highest BCUT2D eigenvalue weighted by Crippen LogP contribution is 2.27. The Morgan fingerprint density at radius 3 is 1.96 bits per heavy atom. The summed E-state index contributed by atoms with van der Waals surface area (Å²) in [5.41, 5.74) is 2.92. The fourth-order valence-corrected chi connectivity index (χ4v) is 3.17. The van der Waals surface area contributed by atoms with Crippen molar-refractivity contribution < 1.29 is 4.74 Å². The molecule has 2 aromatic rings. The lowest BCUT2D eigenvalue weighted by Gasteiger charge is -2.33. The van der Waals surface area contributed by atoms with Crippen molar-refractivity contribution >= 4 is 12.4 Å². The Morgan fingerprint density at radius 2 is 1.40 bits per heavy atom. The van der Waals surface area contributed by atoms with E-state index in [2.05, 4.69) is 76.3 Å². The zero-order valence-corrected chi connectivity index (χ0v) is 17.0.